The second-order valence-corrected chi connectivity index (χ2v) is 34.0. The summed E-state index contributed by atoms with van der Waals surface area (Å²) >= 11 is 0. The second-order valence-electron chi connectivity index (χ2n) is 18.3. The van der Waals surface area contributed by atoms with E-state index in [9.17, 15) is 0 Å². The monoisotopic (exact) mass is 781 g/mol. The van der Waals surface area contributed by atoms with Crippen LogP contribution in [0.15, 0.2) is 146 Å². The maximum Gasteiger partial charge on any atom is 0.0775 e. The molecule has 0 atom stereocenters. The molecule has 0 aliphatic carbocycles. The van der Waals surface area contributed by atoms with E-state index >= 15 is 0 Å². The summed E-state index contributed by atoms with van der Waals surface area (Å²) in [7, 11) is -3.75. The van der Waals surface area contributed by atoms with Crippen molar-refractivity contribution < 1.29 is 0 Å². The summed E-state index contributed by atoms with van der Waals surface area (Å²) in [5.41, 5.74) is 12.0. The van der Waals surface area contributed by atoms with Gasteiger partial charge in [-0.2, -0.15) is 0 Å². The van der Waals surface area contributed by atoms with E-state index in [1.807, 2.05) is 0 Å². The molecule has 0 bridgehead atoms. The van der Waals surface area contributed by atoms with Crippen molar-refractivity contribution >= 4 is 88.1 Å². The van der Waals surface area contributed by atoms with Gasteiger partial charge >= 0.3 is 0 Å². The van der Waals surface area contributed by atoms with Gasteiger partial charge in [-0.25, -0.2) is 0 Å². The third-order valence-corrected chi connectivity index (χ3v) is 15.7. The topological polar surface area (TPSA) is 3.24 Å². The molecule has 0 unspecified atom stereocenters. The predicted molar refractivity (Wildman–Crippen MR) is 260 cm³/mol. The van der Waals surface area contributed by atoms with Gasteiger partial charge in [0, 0.05) is 25.1 Å². The van der Waals surface area contributed by atoms with E-state index in [1.54, 1.807) is 0 Å². The summed E-state index contributed by atoms with van der Waals surface area (Å²) in [5.74, 6) is 0. The lowest BCUT2D eigenvalue weighted by Gasteiger charge is -2.26. The molecule has 0 amide bonds. The third-order valence-electron chi connectivity index (χ3n) is 10.1. The van der Waals surface area contributed by atoms with Gasteiger partial charge in [0.25, 0.3) is 0 Å². The first-order chi connectivity index (χ1) is 26.6. The van der Waals surface area contributed by atoms with Gasteiger partial charge in [0.1, 0.15) is 0 Å². The Morgan fingerprint density at radius 2 is 0.554 bits per heavy atom. The van der Waals surface area contributed by atoms with Crippen LogP contribution in [0.2, 0.25) is 58.9 Å². The Bertz CT molecular complexity index is 2150. The van der Waals surface area contributed by atoms with Crippen molar-refractivity contribution in [2.24, 2.45) is 0 Å². The lowest BCUT2D eigenvalue weighted by molar-refractivity contribution is 1.28. The van der Waals surface area contributed by atoms with E-state index in [4.69, 9.17) is 0 Å². The van der Waals surface area contributed by atoms with Crippen LogP contribution in [0, 0.1) is 0 Å². The van der Waals surface area contributed by atoms with Crippen LogP contribution in [0.4, 0.5) is 17.1 Å². The first-order valence-corrected chi connectivity index (χ1v) is 30.7. The van der Waals surface area contributed by atoms with Crippen LogP contribution < -0.4 is 15.3 Å². The van der Waals surface area contributed by atoms with E-state index in [1.165, 1.54) is 55.4 Å². The molecule has 1 nitrogen and oxygen atoms in total. The maximum absolute atomic E-state index is 2.43. The highest BCUT2D eigenvalue weighted by Crippen LogP contribution is 2.35. The Hall–Kier alpha value is -5.01. The molecule has 0 aromatic heterocycles. The van der Waals surface area contributed by atoms with Crippen LogP contribution >= 0.6 is 0 Å². The summed E-state index contributed by atoms with van der Waals surface area (Å²) in [5, 5.41) is 2.98. The largest absolute Gasteiger partial charge is 0.311 e. The average Bonchev–Trinajstić information content (AvgIpc) is 3.17. The molecule has 0 saturated heterocycles. The van der Waals surface area contributed by atoms with Crippen LogP contribution in [-0.2, 0) is 6.04 Å². The Kier molecular flexibility index (Phi) is 12.6. The van der Waals surface area contributed by atoms with Gasteiger partial charge in [0.2, 0.25) is 0 Å². The molecular weight excluding hydrogens is 723 g/mol. The molecule has 56 heavy (non-hydrogen) atoms. The van der Waals surface area contributed by atoms with Gasteiger partial charge in [-0.1, -0.05) is 221 Å². The fraction of sp³-hybridized carbons (Fsp3) is 0.192. The van der Waals surface area contributed by atoms with Crippen molar-refractivity contribution in [3.8, 4) is 0 Å². The molecule has 6 aromatic rings. The minimum absolute atomic E-state index is 1.12. The molecule has 4 heteroatoms. The first kappa shape index (κ1) is 40.6. The van der Waals surface area contributed by atoms with E-state index in [2.05, 4.69) is 246 Å². The minimum Gasteiger partial charge on any atom is -0.311 e. The van der Waals surface area contributed by atoms with Gasteiger partial charge in [0.15, 0.2) is 0 Å². The van der Waals surface area contributed by atoms with Crippen LogP contribution in [0.5, 0.6) is 0 Å². The molecule has 0 spiro atoms. The molecular formula is C52H59NSi3. The summed E-state index contributed by atoms with van der Waals surface area (Å²) < 4.78 is 0. The van der Waals surface area contributed by atoms with Crippen molar-refractivity contribution in [3.05, 3.63) is 185 Å². The minimum atomic E-state index is -1.31. The van der Waals surface area contributed by atoms with Crippen molar-refractivity contribution in [3.63, 3.8) is 0 Å². The van der Waals surface area contributed by atoms with Gasteiger partial charge in [0.05, 0.1) is 16.1 Å². The molecule has 6 aromatic carbocycles. The number of anilines is 3. The summed E-state index contributed by atoms with van der Waals surface area (Å²) in [6, 6.07) is 55.1. The SMILES string of the molecule is C[Si](C)(C)Cc1ccc(C=Cc2ccc(N(c3ccc(C=Cc4ccc([Si](C)(C)C)cc4)cc3)c3ccc(C=Cc4ccc([Si](C)(C)C)cc4)cc3)cc2)cc1. The van der Waals surface area contributed by atoms with Crippen LogP contribution in [0.1, 0.15) is 38.9 Å². The molecule has 0 saturated carbocycles. The highest BCUT2D eigenvalue weighted by atomic mass is 28.3. The lowest BCUT2D eigenvalue weighted by atomic mass is 10.1. The standard InChI is InChI=1S/C52H59NSi3/c1-54(2,3)40-47-18-16-41(17-19-47)10-11-42-20-30-48(31-21-42)53(49-32-22-43(23-33-49)12-14-45-26-36-51(37-27-45)55(4,5)6)50-34-24-44(25-35-50)13-15-46-28-38-52(39-29-46)56(7,8)9/h10-39H,40H2,1-9H3. The normalized spacial score (nSPS) is 12.6. The highest BCUT2D eigenvalue weighted by molar-refractivity contribution is 6.89. The average molecular weight is 782 g/mol. The van der Waals surface area contributed by atoms with Crippen molar-refractivity contribution in [2.75, 3.05) is 4.90 Å². The fourth-order valence-electron chi connectivity index (χ4n) is 6.78. The maximum atomic E-state index is 2.43. The zero-order valence-corrected chi connectivity index (χ0v) is 38.0. The number of hydrogen-bond donors (Lipinski definition) is 0. The quantitative estimate of drug-likeness (QED) is 0.0833. The first-order valence-electron chi connectivity index (χ1n) is 20.0. The molecule has 0 aliphatic heterocycles. The fourth-order valence-corrected chi connectivity index (χ4v) is 10.6. The molecule has 0 heterocycles. The molecule has 0 aliphatic rings. The zero-order chi connectivity index (χ0) is 39.9. The smallest absolute Gasteiger partial charge is 0.0775 e. The van der Waals surface area contributed by atoms with Gasteiger partial charge < -0.3 is 4.90 Å². The molecule has 0 fully saturated rings. The molecule has 0 N–H and O–H groups in total. The van der Waals surface area contributed by atoms with Gasteiger partial charge in [-0.3, -0.25) is 0 Å². The van der Waals surface area contributed by atoms with Crippen molar-refractivity contribution in [1.82, 2.24) is 0 Å². The van der Waals surface area contributed by atoms with E-state index in [0.717, 1.165) is 17.1 Å². The predicted octanol–water partition coefficient (Wildman–Crippen LogP) is 14.2. The number of hydrogen-bond acceptors (Lipinski definition) is 1. The van der Waals surface area contributed by atoms with Gasteiger partial charge in [-0.15, -0.1) is 0 Å². The van der Waals surface area contributed by atoms with E-state index < -0.39 is 24.2 Å². The third kappa shape index (κ3) is 11.5. The Balaban J connectivity index is 1.23. The van der Waals surface area contributed by atoms with Crippen molar-refractivity contribution in [1.29, 1.82) is 0 Å². The second kappa shape index (κ2) is 17.4. The molecule has 284 valence electrons. The lowest BCUT2D eigenvalue weighted by Crippen LogP contribution is -2.37. The highest BCUT2D eigenvalue weighted by Gasteiger charge is 2.17. The summed E-state index contributed by atoms with van der Waals surface area (Å²) in [6.07, 6.45) is 13.3. The van der Waals surface area contributed by atoms with Crippen LogP contribution in [0.25, 0.3) is 36.5 Å². The van der Waals surface area contributed by atoms with Crippen molar-refractivity contribution in [2.45, 2.75) is 65.0 Å². The Labute approximate surface area is 340 Å². The summed E-state index contributed by atoms with van der Waals surface area (Å²) in [4.78, 5) is 2.34. The van der Waals surface area contributed by atoms with E-state index in [0.29, 0.717) is 0 Å². The van der Waals surface area contributed by atoms with Crippen LogP contribution in [0.3, 0.4) is 0 Å². The van der Waals surface area contributed by atoms with E-state index in [-0.39, 0.29) is 0 Å². The summed E-state index contributed by atoms with van der Waals surface area (Å²) in [6.45, 7) is 21.6. The molecule has 0 radical (unpaired) electrons. The van der Waals surface area contributed by atoms with Gasteiger partial charge in [-0.05, 0) is 75.8 Å². The van der Waals surface area contributed by atoms with Crippen LogP contribution in [-0.4, -0.2) is 24.2 Å². The number of benzene rings is 6. The Morgan fingerprint density at radius 1 is 0.321 bits per heavy atom. The molecule has 6 rings (SSSR count). The Morgan fingerprint density at radius 3 is 0.786 bits per heavy atom. The zero-order valence-electron chi connectivity index (χ0n) is 35.0. The number of nitrogens with zero attached hydrogens (tertiary/aromatic N) is 1. The number of rotatable bonds is 13.